The van der Waals surface area contributed by atoms with Crippen LogP contribution in [-0.4, -0.2) is 45.3 Å². The third-order valence-corrected chi connectivity index (χ3v) is 6.51. The van der Waals surface area contributed by atoms with Crippen LogP contribution in [0.15, 0.2) is 24.3 Å². The SMILES string of the molecule is CN(C)S(=O)(=O)[C@H]1CCOC[C@@H]1Cc1ccccc1Cl. The molecule has 2 rings (SSSR count). The predicted molar refractivity (Wildman–Crippen MR) is 80.5 cm³/mol. The Morgan fingerprint density at radius 3 is 2.70 bits per heavy atom. The van der Waals surface area contributed by atoms with Crippen molar-refractivity contribution in [1.82, 2.24) is 4.31 Å². The quantitative estimate of drug-likeness (QED) is 0.855. The number of hydrogen-bond donors (Lipinski definition) is 0. The molecule has 0 saturated carbocycles. The highest BCUT2D eigenvalue weighted by Crippen LogP contribution is 2.29. The van der Waals surface area contributed by atoms with Gasteiger partial charge in [0.15, 0.2) is 0 Å². The molecule has 0 N–H and O–H groups in total. The van der Waals surface area contributed by atoms with Crippen molar-refractivity contribution in [3.63, 3.8) is 0 Å². The average Bonchev–Trinajstić information content (AvgIpc) is 2.41. The summed E-state index contributed by atoms with van der Waals surface area (Å²) in [6.45, 7) is 0.958. The number of nitrogens with zero attached hydrogens (tertiary/aromatic N) is 1. The van der Waals surface area contributed by atoms with E-state index in [1.165, 1.54) is 4.31 Å². The molecule has 1 fully saturated rings. The normalized spacial score (nSPS) is 24.0. The Balaban J connectivity index is 2.22. The zero-order valence-corrected chi connectivity index (χ0v) is 13.3. The molecule has 0 aliphatic carbocycles. The number of benzene rings is 1. The molecule has 1 saturated heterocycles. The Hall–Kier alpha value is -0.620. The van der Waals surface area contributed by atoms with Gasteiger partial charge in [0.05, 0.1) is 11.9 Å². The highest BCUT2D eigenvalue weighted by atomic mass is 35.5. The summed E-state index contributed by atoms with van der Waals surface area (Å²) in [5.41, 5.74) is 0.976. The summed E-state index contributed by atoms with van der Waals surface area (Å²) in [6.07, 6.45) is 1.16. The fourth-order valence-electron chi connectivity index (χ4n) is 2.58. The Morgan fingerprint density at radius 2 is 2.05 bits per heavy atom. The Labute approximate surface area is 125 Å². The average molecular weight is 318 g/mol. The minimum absolute atomic E-state index is 0.0592. The minimum Gasteiger partial charge on any atom is -0.381 e. The molecular weight excluding hydrogens is 298 g/mol. The first-order valence-corrected chi connectivity index (χ1v) is 8.53. The third kappa shape index (κ3) is 3.34. The van der Waals surface area contributed by atoms with Crippen LogP contribution in [0.2, 0.25) is 5.02 Å². The molecule has 0 bridgehead atoms. The smallest absolute Gasteiger partial charge is 0.216 e. The summed E-state index contributed by atoms with van der Waals surface area (Å²) in [7, 11) is -0.110. The van der Waals surface area contributed by atoms with E-state index in [1.54, 1.807) is 14.1 Å². The van der Waals surface area contributed by atoms with Crippen LogP contribution < -0.4 is 0 Å². The lowest BCUT2D eigenvalue weighted by Crippen LogP contribution is -2.44. The molecule has 2 atom stereocenters. The molecule has 0 aromatic heterocycles. The maximum absolute atomic E-state index is 12.4. The van der Waals surface area contributed by atoms with Gasteiger partial charge < -0.3 is 4.74 Å². The summed E-state index contributed by atoms with van der Waals surface area (Å²) >= 11 is 6.17. The maximum atomic E-state index is 12.4. The second kappa shape index (κ2) is 6.43. The van der Waals surface area contributed by atoms with Crippen molar-refractivity contribution < 1.29 is 13.2 Å². The van der Waals surface area contributed by atoms with Crippen LogP contribution in [0.1, 0.15) is 12.0 Å². The van der Waals surface area contributed by atoms with E-state index < -0.39 is 15.3 Å². The van der Waals surface area contributed by atoms with Crippen LogP contribution in [0.4, 0.5) is 0 Å². The molecule has 0 spiro atoms. The number of ether oxygens (including phenoxy) is 1. The molecule has 1 aliphatic rings. The third-order valence-electron chi connectivity index (χ3n) is 3.74. The van der Waals surface area contributed by atoms with Crippen LogP contribution in [0.3, 0.4) is 0 Å². The summed E-state index contributed by atoms with van der Waals surface area (Å²) in [6, 6.07) is 7.56. The Kier molecular flexibility index (Phi) is 5.07. The van der Waals surface area contributed by atoms with E-state index >= 15 is 0 Å². The van der Waals surface area contributed by atoms with E-state index in [0.717, 1.165) is 5.56 Å². The fourth-order valence-corrected chi connectivity index (χ4v) is 4.39. The molecule has 6 heteroatoms. The van der Waals surface area contributed by atoms with E-state index in [1.807, 2.05) is 24.3 Å². The Morgan fingerprint density at radius 1 is 1.35 bits per heavy atom. The van der Waals surface area contributed by atoms with E-state index in [4.69, 9.17) is 16.3 Å². The van der Waals surface area contributed by atoms with Crippen molar-refractivity contribution in [2.45, 2.75) is 18.1 Å². The summed E-state index contributed by atoms with van der Waals surface area (Å²) in [4.78, 5) is 0. The molecule has 0 unspecified atom stereocenters. The van der Waals surface area contributed by atoms with E-state index in [2.05, 4.69) is 0 Å². The molecular formula is C14H20ClNO3S. The van der Waals surface area contributed by atoms with Gasteiger partial charge in [-0.15, -0.1) is 0 Å². The topological polar surface area (TPSA) is 46.6 Å². The lowest BCUT2D eigenvalue weighted by molar-refractivity contribution is 0.0563. The van der Waals surface area contributed by atoms with Gasteiger partial charge in [0.25, 0.3) is 0 Å². The van der Waals surface area contributed by atoms with E-state index in [0.29, 0.717) is 31.1 Å². The summed E-state index contributed by atoms with van der Waals surface area (Å²) in [5.74, 6) is -0.0592. The lowest BCUT2D eigenvalue weighted by atomic mass is 9.93. The lowest BCUT2D eigenvalue weighted by Gasteiger charge is -2.33. The zero-order chi connectivity index (χ0) is 14.8. The monoisotopic (exact) mass is 317 g/mol. The van der Waals surface area contributed by atoms with Gasteiger partial charge in [-0.1, -0.05) is 29.8 Å². The van der Waals surface area contributed by atoms with Gasteiger partial charge in [-0.2, -0.15) is 0 Å². The van der Waals surface area contributed by atoms with Crippen LogP contribution in [0, 0.1) is 5.92 Å². The van der Waals surface area contributed by atoms with Gasteiger partial charge in [-0.3, -0.25) is 0 Å². The van der Waals surface area contributed by atoms with E-state index in [9.17, 15) is 8.42 Å². The van der Waals surface area contributed by atoms with Crippen LogP contribution in [0.5, 0.6) is 0 Å². The first-order chi connectivity index (χ1) is 9.43. The van der Waals surface area contributed by atoms with Gasteiger partial charge in [0.2, 0.25) is 10.0 Å². The van der Waals surface area contributed by atoms with Crippen molar-refractivity contribution in [2.75, 3.05) is 27.3 Å². The number of sulfonamides is 1. The van der Waals surface area contributed by atoms with Gasteiger partial charge in [-0.25, -0.2) is 12.7 Å². The minimum atomic E-state index is -3.27. The molecule has 1 aromatic rings. The first-order valence-electron chi connectivity index (χ1n) is 6.65. The molecule has 0 radical (unpaired) electrons. The highest BCUT2D eigenvalue weighted by Gasteiger charge is 2.37. The van der Waals surface area contributed by atoms with Crippen LogP contribution >= 0.6 is 11.6 Å². The second-order valence-corrected chi connectivity index (χ2v) is 8.06. The number of halogens is 1. The van der Waals surface area contributed by atoms with Gasteiger partial charge >= 0.3 is 0 Å². The molecule has 112 valence electrons. The molecule has 1 heterocycles. The molecule has 1 aliphatic heterocycles. The van der Waals surface area contributed by atoms with Crippen LogP contribution in [0.25, 0.3) is 0 Å². The Bertz CT molecular complexity index is 559. The summed E-state index contributed by atoms with van der Waals surface area (Å²) in [5, 5.41) is 0.279. The second-order valence-electron chi connectivity index (χ2n) is 5.28. The van der Waals surface area contributed by atoms with Gasteiger partial charge in [-0.05, 0) is 24.5 Å². The van der Waals surface area contributed by atoms with Crippen molar-refractivity contribution >= 4 is 21.6 Å². The first kappa shape index (κ1) is 15.8. The fraction of sp³-hybridized carbons (Fsp3) is 0.571. The van der Waals surface area contributed by atoms with Crippen molar-refractivity contribution in [2.24, 2.45) is 5.92 Å². The summed E-state index contributed by atoms with van der Waals surface area (Å²) < 4.78 is 31.6. The molecule has 1 aromatic carbocycles. The van der Waals surface area contributed by atoms with Crippen molar-refractivity contribution in [3.05, 3.63) is 34.9 Å². The number of hydrogen-bond acceptors (Lipinski definition) is 3. The standard InChI is InChI=1S/C14H20ClNO3S/c1-16(2)20(17,18)14-7-8-19-10-12(14)9-11-5-3-4-6-13(11)15/h3-6,12,14H,7-10H2,1-2H3/t12-,14-/m0/s1. The molecule has 20 heavy (non-hydrogen) atoms. The predicted octanol–water partition coefficient (Wildman–Crippen LogP) is 2.18. The van der Waals surface area contributed by atoms with Crippen molar-refractivity contribution in [1.29, 1.82) is 0 Å². The number of rotatable bonds is 4. The van der Waals surface area contributed by atoms with Crippen molar-refractivity contribution in [3.8, 4) is 0 Å². The largest absolute Gasteiger partial charge is 0.381 e. The maximum Gasteiger partial charge on any atom is 0.216 e. The van der Waals surface area contributed by atoms with Gasteiger partial charge in [0.1, 0.15) is 0 Å². The van der Waals surface area contributed by atoms with E-state index in [-0.39, 0.29) is 5.92 Å². The zero-order valence-electron chi connectivity index (χ0n) is 11.8. The highest BCUT2D eigenvalue weighted by molar-refractivity contribution is 7.89. The van der Waals surface area contributed by atoms with Gasteiger partial charge in [0, 0.05) is 31.6 Å². The molecule has 0 amide bonds. The molecule has 4 nitrogen and oxygen atoms in total. The van der Waals surface area contributed by atoms with Crippen LogP contribution in [-0.2, 0) is 21.2 Å².